The summed E-state index contributed by atoms with van der Waals surface area (Å²) in [5, 5.41) is 2.94. The summed E-state index contributed by atoms with van der Waals surface area (Å²) in [6.45, 7) is 4.00. The van der Waals surface area contributed by atoms with E-state index in [2.05, 4.69) is 10.2 Å². The van der Waals surface area contributed by atoms with Crippen LogP contribution in [0.1, 0.15) is 24.8 Å². The number of nitrogen functional groups attached to an aromatic ring is 1. The second-order valence-electron chi connectivity index (χ2n) is 6.47. The van der Waals surface area contributed by atoms with Crippen molar-refractivity contribution in [2.45, 2.75) is 26.2 Å². The minimum Gasteiger partial charge on any atom is -0.484 e. The van der Waals surface area contributed by atoms with Crippen LogP contribution in [0.25, 0.3) is 0 Å². The van der Waals surface area contributed by atoms with Crippen molar-refractivity contribution >= 4 is 23.0 Å². The average molecular weight is 339 g/mol. The summed E-state index contributed by atoms with van der Waals surface area (Å²) in [6.07, 6.45) is 3.61. The number of hydrogen-bond acceptors (Lipinski definition) is 4. The Morgan fingerprint density at radius 1 is 1.12 bits per heavy atom. The molecular formula is C20H25N3O2. The van der Waals surface area contributed by atoms with Gasteiger partial charge in [0.2, 0.25) is 0 Å². The number of hydrogen-bond donors (Lipinski definition) is 2. The number of amides is 1. The lowest BCUT2D eigenvalue weighted by Gasteiger charge is -2.30. The summed E-state index contributed by atoms with van der Waals surface area (Å²) in [5.41, 5.74) is 9.48. The molecule has 1 aliphatic heterocycles. The van der Waals surface area contributed by atoms with Crippen LogP contribution in [0.15, 0.2) is 42.5 Å². The van der Waals surface area contributed by atoms with Crippen molar-refractivity contribution in [3.8, 4) is 5.75 Å². The summed E-state index contributed by atoms with van der Waals surface area (Å²) in [4.78, 5) is 14.6. The van der Waals surface area contributed by atoms with Crippen LogP contribution in [0.5, 0.6) is 5.75 Å². The molecule has 1 aliphatic rings. The Labute approximate surface area is 148 Å². The van der Waals surface area contributed by atoms with Crippen LogP contribution >= 0.6 is 0 Å². The average Bonchev–Trinajstić information content (AvgIpc) is 2.62. The highest BCUT2D eigenvalue weighted by atomic mass is 16.5. The molecule has 0 bridgehead atoms. The van der Waals surface area contributed by atoms with E-state index in [1.54, 1.807) is 0 Å². The van der Waals surface area contributed by atoms with E-state index in [-0.39, 0.29) is 12.5 Å². The lowest BCUT2D eigenvalue weighted by Crippen LogP contribution is -2.31. The number of nitrogens with one attached hydrogen (secondary N) is 1. The molecule has 0 unspecified atom stereocenters. The Hall–Kier alpha value is -2.69. The smallest absolute Gasteiger partial charge is 0.262 e. The van der Waals surface area contributed by atoms with Gasteiger partial charge in [-0.15, -0.1) is 0 Å². The van der Waals surface area contributed by atoms with Gasteiger partial charge in [-0.3, -0.25) is 4.79 Å². The largest absolute Gasteiger partial charge is 0.484 e. The monoisotopic (exact) mass is 339 g/mol. The Balaban J connectivity index is 1.65. The van der Waals surface area contributed by atoms with Crippen LogP contribution in [-0.4, -0.2) is 25.6 Å². The van der Waals surface area contributed by atoms with Gasteiger partial charge in [0, 0.05) is 18.8 Å². The third kappa shape index (κ3) is 4.66. The molecule has 0 atom stereocenters. The lowest BCUT2D eigenvalue weighted by atomic mass is 10.1. The Morgan fingerprint density at radius 2 is 1.84 bits per heavy atom. The lowest BCUT2D eigenvalue weighted by molar-refractivity contribution is -0.118. The Kier molecular flexibility index (Phi) is 5.43. The molecule has 1 heterocycles. The van der Waals surface area contributed by atoms with Gasteiger partial charge in [-0.2, -0.15) is 0 Å². The van der Waals surface area contributed by atoms with Crippen molar-refractivity contribution in [2.75, 3.05) is 35.6 Å². The Bertz CT molecular complexity index is 722. The molecule has 5 heteroatoms. The van der Waals surface area contributed by atoms with Gasteiger partial charge in [-0.1, -0.05) is 17.7 Å². The zero-order valence-electron chi connectivity index (χ0n) is 14.6. The number of rotatable bonds is 5. The van der Waals surface area contributed by atoms with Gasteiger partial charge < -0.3 is 20.7 Å². The molecule has 1 fully saturated rings. The summed E-state index contributed by atoms with van der Waals surface area (Å²) >= 11 is 0. The van der Waals surface area contributed by atoms with Crippen molar-refractivity contribution in [1.29, 1.82) is 0 Å². The molecule has 25 heavy (non-hydrogen) atoms. The first-order valence-corrected chi connectivity index (χ1v) is 8.75. The molecule has 0 spiro atoms. The zero-order valence-corrected chi connectivity index (χ0v) is 14.6. The maximum atomic E-state index is 12.3. The first-order chi connectivity index (χ1) is 12.1. The third-order valence-electron chi connectivity index (χ3n) is 4.38. The summed E-state index contributed by atoms with van der Waals surface area (Å²) in [6, 6.07) is 13.3. The van der Waals surface area contributed by atoms with Gasteiger partial charge in [0.1, 0.15) is 5.75 Å². The molecule has 0 saturated carbocycles. The van der Waals surface area contributed by atoms with Gasteiger partial charge in [0.25, 0.3) is 5.91 Å². The molecule has 132 valence electrons. The van der Waals surface area contributed by atoms with Crippen molar-refractivity contribution in [3.63, 3.8) is 0 Å². The first-order valence-electron chi connectivity index (χ1n) is 8.75. The van der Waals surface area contributed by atoms with Crippen LogP contribution in [0.2, 0.25) is 0 Å². The fourth-order valence-electron chi connectivity index (χ4n) is 3.03. The molecule has 3 N–H and O–H groups in total. The fourth-order valence-corrected chi connectivity index (χ4v) is 3.03. The van der Waals surface area contributed by atoms with Crippen LogP contribution in [0.4, 0.5) is 17.1 Å². The van der Waals surface area contributed by atoms with Gasteiger partial charge in [-0.05, 0) is 56.5 Å². The molecule has 0 radical (unpaired) electrons. The normalized spacial score (nSPS) is 14.2. The van der Waals surface area contributed by atoms with Crippen LogP contribution < -0.4 is 20.7 Å². The predicted molar refractivity (Wildman–Crippen MR) is 102 cm³/mol. The molecule has 5 nitrogen and oxygen atoms in total. The number of benzene rings is 2. The van der Waals surface area contributed by atoms with Gasteiger partial charge in [0.05, 0.1) is 11.4 Å². The predicted octanol–water partition coefficient (Wildman–Crippen LogP) is 3.59. The van der Waals surface area contributed by atoms with Crippen molar-refractivity contribution < 1.29 is 9.53 Å². The van der Waals surface area contributed by atoms with Crippen LogP contribution in [0.3, 0.4) is 0 Å². The SMILES string of the molecule is Cc1ccc(OCC(=O)Nc2cc(N)ccc2N2CCCCC2)cc1. The molecule has 1 amide bonds. The number of anilines is 3. The number of nitrogens with zero attached hydrogens (tertiary/aromatic N) is 1. The van der Waals surface area contributed by atoms with Crippen molar-refractivity contribution in [2.24, 2.45) is 0 Å². The molecule has 0 aliphatic carbocycles. The van der Waals surface area contributed by atoms with E-state index in [0.29, 0.717) is 11.4 Å². The molecule has 2 aromatic rings. The van der Waals surface area contributed by atoms with E-state index >= 15 is 0 Å². The summed E-state index contributed by atoms with van der Waals surface area (Å²) in [7, 11) is 0. The quantitative estimate of drug-likeness (QED) is 0.817. The number of ether oxygens (including phenoxy) is 1. The van der Waals surface area contributed by atoms with Crippen LogP contribution in [0, 0.1) is 6.92 Å². The maximum Gasteiger partial charge on any atom is 0.262 e. The van der Waals surface area contributed by atoms with Gasteiger partial charge in [-0.25, -0.2) is 0 Å². The zero-order chi connectivity index (χ0) is 17.6. The molecular weight excluding hydrogens is 314 g/mol. The number of carbonyl (C=O) groups excluding carboxylic acids is 1. The van der Waals surface area contributed by atoms with E-state index in [1.807, 2.05) is 49.4 Å². The summed E-state index contributed by atoms with van der Waals surface area (Å²) in [5.74, 6) is 0.494. The Morgan fingerprint density at radius 3 is 2.56 bits per heavy atom. The van der Waals surface area contributed by atoms with E-state index in [9.17, 15) is 4.79 Å². The third-order valence-corrected chi connectivity index (χ3v) is 4.38. The minimum absolute atomic E-state index is 0.0305. The first kappa shape index (κ1) is 17.1. The van der Waals surface area contributed by atoms with Gasteiger partial charge >= 0.3 is 0 Å². The number of piperidine rings is 1. The highest BCUT2D eigenvalue weighted by molar-refractivity contribution is 5.96. The highest BCUT2D eigenvalue weighted by Gasteiger charge is 2.16. The molecule has 0 aromatic heterocycles. The molecule has 1 saturated heterocycles. The molecule has 2 aromatic carbocycles. The van der Waals surface area contributed by atoms with E-state index in [0.717, 1.165) is 30.0 Å². The summed E-state index contributed by atoms with van der Waals surface area (Å²) < 4.78 is 5.55. The topological polar surface area (TPSA) is 67.6 Å². The van der Waals surface area contributed by atoms with Crippen molar-refractivity contribution in [3.05, 3.63) is 48.0 Å². The minimum atomic E-state index is -0.190. The second-order valence-corrected chi connectivity index (χ2v) is 6.47. The van der Waals surface area contributed by atoms with Crippen LogP contribution in [-0.2, 0) is 4.79 Å². The number of nitrogens with two attached hydrogens (primary N) is 1. The number of aryl methyl sites for hydroxylation is 1. The van der Waals surface area contributed by atoms with Crippen molar-refractivity contribution in [1.82, 2.24) is 0 Å². The fraction of sp³-hybridized carbons (Fsp3) is 0.350. The highest BCUT2D eigenvalue weighted by Crippen LogP contribution is 2.30. The standard InChI is InChI=1S/C20H25N3O2/c1-15-5-8-17(9-6-15)25-14-20(24)22-18-13-16(21)7-10-19(18)23-11-3-2-4-12-23/h5-10,13H,2-4,11-12,14,21H2,1H3,(H,22,24). The second kappa shape index (κ2) is 7.92. The maximum absolute atomic E-state index is 12.3. The van der Waals surface area contributed by atoms with E-state index in [4.69, 9.17) is 10.5 Å². The number of carbonyl (C=O) groups is 1. The van der Waals surface area contributed by atoms with Gasteiger partial charge in [0.15, 0.2) is 6.61 Å². The van der Waals surface area contributed by atoms with E-state index < -0.39 is 0 Å². The molecule has 3 rings (SSSR count). The van der Waals surface area contributed by atoms with E-state index in [1.165, 1.54) is 19.3 Å².